The Bertz CT molecular complexity index is 626. The molecular formula is C16H17NO3. The number of fused-ring (bicyclic) bond motifs is 1. The summed E-state index contributed by atoms with van der Waals surface area (Å²) in [6, 6.07) is 14.0. The van der Waals surface area contributed by atoms with Crippen LogP contribution in [0.2, 0.25) is 0 Å². The lowest BCUT2D eigenvalue weighted by molar-refractivity contribution is -0.139. The lowest BCUT2D eigenvalue weighted by Crippen LogP contribution is -2.29. The maximum Gasteiger partial charge on any atom is 0.320 e. The van der Waals surface area contributed by atoms with Gasteiger partial charge in [0.1, 0.15) is 6.04 Å². The highest BCUT2D eigenvalue weighted by Gasteiger charge is 2.29. The lowest BCUT2D eigenvalue weighted by Gasteiger charge is -2.11. The van der Waals surface area contributed by atoms with Crippen molar-refractivity contribution in [2.75, 3.05) is 6.54 Å². The number of rotatable bonds is 4. The molecule has 4 nitrogen and oxygen atoms in total. The van der Waals surface area contributed by atoms with Crippen molar-refractivity contribution in [1.82, 2.24) is 5.32 Å². The average molecular weight is 271 g/mol. The minimum absolute atomic E-state index is 0.0254. The van der Waals surface area contributed by atoms with Gasteiger partial charge in [0.15, 0.2) is 0 Å². The molecule has 1 saturated heterocycles. The Morgan fingerprint density at radius 1 is 1.25 bits per heavy atom. The second-order valence-electron chi connectivity index (χ2n) is 5.15. The van der Waals surface area contributed by atoms with E-state index in [0.29, 0.717) is 19.6 Å². The monoisotopic (exact) mass is 271 g/mol. The van der Waals surface area contributed by atoms with Crippen molar-refractivity contribution in [2.45, 2.75) is 25.2 Å². The minimum atomic E-state index is -0.804. The van der Waals surface area contributed by atoms with Crippen molar-refractivity contribution in [2.24, 2.45) is 0 Å². The fraction of sp³-hybridized carbons (Fsp3) is 0.312. The van der Waals surface area contributed by atoms with E-state index in [9.17, 15) is 4.79 Å². The first-order valence-electron chi connectivity index (χ1n) is 6.78. The molecule has 0 unspecified atom stereocenters. The van der Waals surface area contributed by atoms with E-state index in [0.717, 1.165) is 5.56 Å². The highest BCUT2D eigenvalue weighted by molar-refractivity contribution is 5.82. The zero-order valence-corrected chi connectivity index (χ0v) is 11.1. The van der Waals surface area contributed by atoms with E-state index in [-0.39, 0.29) is 6.10 Å². The first-order valence-corrected chi connectivity index (χ1v) is 6.78. The number of carboxylic acid groups (broad SMARTS) is 1. The molecule has 104 valence electrons. The standard InChI is InChI=1S/C16H17NO3/c18-16(19)15-8-14(9-17-15)20-10-11-5-6-12-3-1-2-4-13(12)7-11/h1-7,14-15,17H,8-10H2,(H,18,19)/t14-,15+/m1/s1. The molecular weight excluding hydrogens is 254 g/mol. The number of ether oxygens (including phenoxy) is 1. The normalized spacial score (nSPS) is 22.2. The molecule has 0 saturated carbocycles. The zero-order valence-electron chi connectivity index (χ0n) is 11.1. The molecule has 1 fully saturated rings. The van der Waals surface area contributed by atoms with Crippen LogP contribution in [-0.2, 0) is 16.1 Å². The summed E-state index contributed by atoms with van der Waals surface area (Å²) in [7, 11) is 0. The smallest absolute Gasteiger partial charge is 0.320 e. The molecule has 1 heterocycles. The third kappa shape index (κ3) is 2.81. The number of hydrogen-bond donors (Lipinski definition) is 2. The van der Waals surface area contributed by atoms with Crippen LogP contribution in [0.25, 0.3) is 10.8 Å². The molecule has 0 amide bonds. The average Bonchev–Trinajstić information content (AvgIpc) is 2.94. The van der Waals surface area contributed by atoms with Gasteiger partial charge >= 0.3 is 5.97 Å². The summed E-state index contributed by atoms with van der Waals surface area (Å²) >= 11 is 0. The van der Waals surface area contributed by atoms with E-state index in [1.807, 2.05) is 12.1 Å². The first-order chi connectivity index (χ1) is 9.72. The van der Waals surface area contributed by atoms with Crippen molar-refractivity contribution < 1.29 is 14.6 Å². The zero-order chi connectivity index (χ0) is 13.9. The van der Waals surface area contributed by atoms with Crippen molar-refractivity contribution in [3.05, 3.63) is 48.0 Å². The summed E-state index contributed by atoms with van der Waals surface area (Å²) < 4.78 is 5.79. The maximum atomic E-state index is 10.8. The van der Waals surface area contributed by atoms with E-state index >= 15 is 0 Å². The Balaban J connectivity index is 1.61. The minimum Gasteiger partial charge on any atom is -0.480 e. The molecule has 2 aromatic rings. The summed E-state index contributed by atoms with van der Waals surface area (Å²) in [4.78, 5) is 10.8. The Morgan fingerprint density at radius 2 is 2.05 bits per heavy atom. The molecule has 0 bridgehead atoms. The maximum absolute atomic E-state index is 10.8. The van der Waals surface area contributed by atoms with Crippen LogP contribution in [0.5, 0.6) is 0 Å². The first kappa shape index (κ1) is 13.1. The molecule has 0 spiro atoms. The number of benzene rings is 2. The van der Waals surface area contributed by atoms with Gasteiger partial charge in [-0.3, -0.25) is 4.79 Å². The molecule has 0 aliphatic carbocycles. The number of hydrogen-bond acceptors (Lipinski definition) is 3. The van der Waals surface area contributed by atoms with Gasteiger partial charge in [-0.1, -0.05) is 36.4 Å². The van der Waals surface area contributed by atoms with Gasteiger partial charge in [-0.2, -0.15) is 0 Å². The second-order valence-corrected chi connectivity index (χ2v) is 5.15. The van der Waals surface area contributed by atoms with Crippen LogP contribution in [0.3, 0.4) is 0 Å². The summed E-state index contributed by atoms with van der Waals surface area (Å²) in [5, 5.41) is 14.3. The number of nitrogens with one attached hydrogen (secondary N) is 1. The van der Waals surface area contributed by atoms with Crippen LogP contribution in [0, 0.1) is 0 Å². The third-order valence-corrected chi connectivity index (χ3v) is 3.69. The Morgan fingerprint density at radius 3 is 2.80 bits per heavy atom. The predicted molar refractivity (Wildman–Crippen MR) is 76.6 cm³/mol. The van der Waals surface area contributed by atoms with Crippen LogP contribution in [0.1, 0.15) is 12.0 Å². The lowest BCUT2D eigenvalue weighted by atomic mass is 10.1. The molecule has 1 aliphatic rings. The quantitative estimate of drug-likeness (QED) is 0.894. The van der Waals surface area contributed by atoms with Crippen LogP contribution in [0.15, 0.2) is 42.5 Å². The van der Waals surface area contributed by atoms with E-state index in [1.54, 1.807) is 0 Å². The predicted octanol–water partition coefficient (Wildman–Crippen LogP) is 2.17. The molecule has 0 radical (unpaired) electrons. The highest BCUT2D eigenvalue weighted by Crippen LogP contribution is 2.18. The van der Waals surface area contributed by atoms with Gasteiger partial charge in [-0.05, 0) is 22.4 Å². The SMILES string of the molecule is O=C(O)[C@@H]1C[C@@H](OCc2ccc3ccccc3c2)CN1. The molecule has 3 rings (SSSR count). The molecule has 0 aromatic heterocycles. The van der Waals surface area contributed by atoms with E-state index < -0.39 is 12.0 Å². The topological polar surface area (TPSA) is 58.6 Å². The summed E-state index contributed by atoms with van der Waals surface area (Å²) in [6.45, 7) is 1.12. The van der Waals surface area contributed by atoms with Crippen molar-refractivity contribution in [3.63, 3.8) is 0 Å². The van der Waals surface area contributed by atoms with Crippen LogP contribution in [-0.4, -0.2) is 29.8 Å². The van der Waals surface area contributed by atoms with Crippen molar-refractivity contribution in [1.29, 1.82) is 0 Å². The number of carboxylic acids is 1. The van der Waals surface area contributed by atoms with Gasteiger partial charge in [0.2, 0.25) is 0 Å². The second kappa shape index (κ2) is 5.61. The summed E-state index contributed by atoms with van der Waals surface area (Å²) in [6.07, 6.45) is 0.505. The summed E-state index contributed by atoms with van der Waals surface area (Å²) in [5.74, 6) is -0.804. The van der Waals surface area contributed by atoms with Crippen LogP contribution in [0.4, 0.5) is 0 Å². The Kier molecular flexibility index (Phi) is 3.67. The van der Waals surface area contributed by atoms with Crippen molar-refractivity contribution in [3.8, 4) is 0 Å². The van der Waals surface area contributed by atoms with Gasteiger partial charge in [0.05, 0.1) is 12.7 Å². The number of carbonyl (C=O) groups is 1. The van der Waals surface area contributed by atoms with Crippen LogP contribution >= 0.6 is 0 Å². The van der Waals surface area contributed by atoms with Gasteiger partial charge < -0.3 is 15.2 Å². The molecule has 4 heteroatoms. The molecule has 2 N–H and O–H groups in total. The van der Waals surface area contributed by atoms with E-state index in [2.05, 4.69) is 35.6 Å². The van der Waals surface area contributed by atoms with Crippen molar-refractivity contribution >= 4 is 16.7 Å². The fourth-order valence-electron chi connectivity index (χ4n) is 2.56. The van der Waals surface area contributed by atoms with Crippen LogP contribution < -0.4 is 5.32 Å². The van der Waals surface area contributed by atoms with Gasteiger partial charge in [0, 0.05) is 13.0 Å². The largest absolute Gasteiger partial charge is 0.480 e. The highest BCUT2D eigenvalue weighted by atomic mass is 16.5. The molecule has 1 aliphatic heterocycles. The van der Waals surface area contributed by atoms with E-state index in [4.69, 9.17) is 9.84 Å². The van der Waals surface area contributed by atoms with E-state index in [1.165, 1.54) is 10.8 Å². The molecule has 2 atom stereocenters. The Labute approximate surface area is 117 Å². The van der Waals surface area contributed by atoms with Gasteiger partial charge in [-0.25, -0.2) is 0 Å². The number of aliphatic carboxylic acids is 1. The summed E-state index contributed by atoms with van der Waals surface area (Å²) in [5.41, 5.74) is 1.11. The Hall–Kier alpha value is -1.91. The fourth-order valence-corrected chi connectivity index (χ4v) is 2.56. The molecule has 2 aromatic carbocycles. The van der Waals surface area contributed by atoms with Gasteiger partial charge in [-0.15, -0.1) is 0 Å². The third-order valence-electron chi connectivity index (χ3n) is 3.69. The van der Waals surface area contributed by atoms with Gasteiger partial charge in [0.25, 0.3) is 0 Å². The molecule has 20 heavy (non-hydrogen) atoms.